The third kappa shape index (κ3) is 9.53. The highest BCUT2D eigenvalue weighted by molar-refractivity contribution is 6.33. The van der Waals surface area contributed by atoms with Gasteiger partial charge in [0.15, 0.2) is 0 Å². The molecule has 1 aliphatic rings. The van der Waals surface area contributed by atoms with Gasteiger partial charge >= 0.3 is 5.97 Å². The molecule has 0 spiro atoms. The Balaban J connectivity index is 2.36. The predicted octanol–water partition coefficient (Wildman–Crippen LogP) is 4.57. The standard InChI is InChI=1S/C24H38O5/c1-4-11-18(3)21(25)15-10-12-19-16-17-22(26)20(19)13-8-6-7-9-14-23(27)24(28)29-5-2/h6,8,10,12,18-21,25H,4-5,7,9,11,13-17H2,1-3H3/t18?,19-,20+,21?/m0/s1. The van der Waals surface area contributed by atoms with Gasteiger partial charge in [-0.3, -0.25) is 9.59 Å². The van der Waals surface area contributed by atoms with Crippen molar-refractivity contribution in [2.45, 2.75) is 84.7 Å². The SMILES string of the molecule is CCCC(C)C(O)CC=C[C@H]1CCC(=O)[C@@H]1CC=CCCCC(=O)C(=O)OCC. The minimum absolute atomic E-state index is 0.00821. The number of rotatable bonds is 14. The molecule has 1 N–H and O–H groups in total. The maximum Gasteiger partial charge on any atom is 0.374 e. The molecule has 1 aliphatic carbocycles. The highest BCUT2D eigenvalue weighted by atomic mass is 16.5. The third-order valence-corrected chi connectivity index (χ3v) is 5.65. The number of Topliss-reactive ketones (excluding diaryl/α,β-unsaturated/α-hetero) is 2. The van der Waals surface area contributed by atoms with Crippen LogP contribution in [0.15, 0.2) is 24.3 Å². The van der Waals surface area contributed by atoms with Crippen LogP contribution in [0.2, 0.25) is 0 Å². The molecule has 0 saturated heterocycles. The minimum atomic E-state index is -0.753. The summed E-state index contributed by atoms with van der Waals surface area (Å²) in [7, 11) is 0. The maximum atomic E-state index is 12.2. The number of carbonyl (C=O) groups is 3. The lowest BCUT2D eigenvalue weighted by Crippen LogP contribution is -2.17. The van der Waals surface area contributed by atoms with Crippen molar-refractivity contribution in [1.82, 2.24) is 0 Å². The molecular weight excluding hydrogens is 368 g/mol. The fraction of sp³-hybridized carbons (Fsp3) is 0.708. The van der Waals surface area contributed by atoms with Gasteiger partial charge in [0.05, 0.1) is 12.7 Å². The Morgan fingerprint density at radius 3 is 2.69 bits per heavy atom. The number of carbonyl (C=O) groups excluding carboxylic acids is 3. The Morgan fingerprint density at radius 1 is 1.24 bits per heavy atom. The summed E-state index contributed by atoms with van der Waals surface area (Å²) in [6, 6.07) is 0. The Labute approximate surface area is 175 Å². The van der Waals surface area contributed by atoms with Crippen molar-refractivity contribution in [1.29, 1.82) is 0 Å². The molecule has 5 heteroatoms. The highest BCUT2D eigenvalue weighted by Gasteiger charge is 2.31. The first-order valence-electron chi connectivity index (χ1n) is 11.1. The molecule has 0 aromatic rings. The summed E-state index contributed by atoms with van der Waals surface area (Å²) in [6.45, 7) is 6.09. The number of aliphatic hydroxyl groups excluding tert-OH is 1. The second-order valence-corrected chi connectivity index (χ2v) is 8.02. The number of ketones is 2. The van der Waals surface area contributed by atoms with E-state index >= 15 is 0 Å². The normalized spacial score (nSPS) is 21.7. The van der Waals surface area contributed by atoms with E-state index in [4.69, 9.17) is 0 Å². The number of esters is 1. The van der Waals surface area contributed by atoms with E-state index in [1.165, 1.54) is 0 Å². The second-order valence-electron chi connectivity index (χ2n) is 8.02. The van der Waals surface area contributed by atoms with E-state index in [1.807, 2.05) is 18.2 Å². The van der Waals surface area contributed by atoms with Crippen LogP contribution in [-0.4, -0.2) is 35.4 Å². The van der Waals surface area contributed by atoms with Crippen molar-refractivity contribution in [3.05, 3.63) is 24.3 Å². The Hall–Kier alpha value is -1.75. The molecule has 1 saturated carbocycles. The van der Waals surface area contributed by atoms with Crippen LogP contribution in [0.25, 0.3) is 0 Å². The van der Waals surface area contributed by atoms with Crippen LogP contribution < -0.4 is 0 Å². The number of ether oxygens (including phenoxy) is 1. The molecule has 1 rings (SSSR count). The van der Waals surface area contributed by atoms with E-state index in [0.717, 1.165) is 19.3 Å². The van der Waals surface area contributed by atoms with Crippen LogP contribution in [0.3, 0.4) is 0 Å². The first-order chi connectivity index (χ1) is 13.9. The molecule has 4 atom stereocenters. The number of hydrogen-bond acceptors (Lipinski definition) is 5. The van der Waals surface area contributed by atoms with E-state index in [2.05, 4.69) is 24.7 Å². The summed E-state index contributed by atoms with van der Waals surface area (Å²) in [5.74, 6) is -0.380. The van der Waals surface area contributed by atoms with E-state index in [0.29, 0.717) is 43.8 Å². The van der Waals surface area contributed by atoms with Gasteiger partial charge in [-0.15, -0.1) is 0 Å². The van der Waals surface area contributed by atoms with Gasteiger partial charge in [-0.05, 0) is 57.3 Å². The van der Waals surface area contributed by atoms with Gasteiger partial charge in [0, 0.05) is 18.8 Å². The Morgan fingerprint density at radius 2 is 2.00 bits per heavy atom. The lowest BCUT2D eigenvalue weighted by Gasteiger charge is -2.17. The van der Waals surface area contributed by atoms with Crippen LogP contribution in [0.5, 0.6) is 0 Å². The molecule has 0 heterocycles. The molecule has 5 nitrogen and oxygen atoms in total. The van der Waals surface area contributed by atoms with Crippen LogP contribution in [-0.2, 0) is 19.1 Å². The lowest BCUT2D eigenvalue weighted by atomic mass is 9.90. The molecule has 0 bridgehead atoms. The van der Waals surface area contributed by atoms with Gasteiger partial charge in [0.25, 0.3) is 0 Å². The van der Waals surface area contributed by atoms with Crippen LogP contribution in [0.4, 0.5) is 0 Å². The summed E-state index contributed by atoms with van der Waals surface area (Å²) < 4.78 is 4.68. The van der Waals surface area contributed by atoms with Gasteiger partial charge in [0.1, 0.15) is 5.78 Å². The summed E-state index contributed by atoms with van der Waals surface area (Å²) in [5, 5.41) is 10.2. The number of allylic oxidation sites excluding steroid dienone is 3. The number of unbranched alkanes of at least 4 members (excludes halogenated alkanes) is 1. The van der Waals surface area contributed by atoms with Gasteiger partial charge in [0.2, 0.25) is 5.78 Å². The lowest BCUT2D eigenvalue weighted by molar-refractivity contribution is -0.153. The minimum Gasteiger partial charge on any atom is -0.460 e. The number of aliphatic hydroxyl groups is 1. The Bertz CT molecular complexity index is 578. The monoisotopic (exact) mass is 406 g/mol. The average Bonchev–Trinajstić information content (AvgIpc) is 3.04. The average molecular weight is 407 g/mol. The summed E-state index contributed by atoms with van der Waals surface area (Å²) in [4.78, 5) is 35.0. The molecule has 0 aromatic carbocycles. The quantitative estimate of drug-likeness (QED) is 0.198. The first kappa shape index (κ1) is 25.3. The van der Waals surface area contributed by atoms with E-state index in [9.17, 15) is 19.5 Å². The topological polar surface area (TPSA) is 80.7 Å². The van der Waals surface area contributed by atoms with Crippen molar-refractivity contribution >= 4 is 17.5 Å². The molecule has 29 heavy (non-hydrogen) atoms. The van der Waals surface area contributed by atoms with Crippen molar-refractivity contribution in [3.8, 4) is 0 Å². The fourth-order valence-electron chi connectivity index (χ4n) is 3.80. The summed E-state index contributed by atoms with van der Waals surface area (Å²) in [5.41, 5.74) is 0. The van der Waals surface area contributed by atoms with Gasteiger partial charge in [-0.25, -0.2) is 4.79 Å². The van der Waals surface area contributed by atoms with Crippen molar-refractivity contribution in [3.63, 3.8) is 0 Å². The Kier molecular flexibility index (Phi) is 12.4. The molecule has 0 radical (unpaired) electrons. The molecular formula is C24H38O5. The van der Waals surface area contributed by atoms with Crippen molar-refractivity contribution in [2.75, 3.05) is 6.61 Å². The molecule has 2 unspecified atom stereocenters. The molecule has 0 aliphatic heterocycles. The zero-order valence-corrected chi connectivity index (χ0v) is 18.3. The molecule has 1 fully saturated rings. The van der Waals surface area contributed by atoms with Crippen molar-refractivity contribution < 1.29 is 24.2 Å². The molecule has 0 amide bonds. The maximum absolute atomic E-state index is 12.2. The molecule has 0 aromatic heterocycles. The zero-order chi connectivity index (χ0) is 21.6. The largest absolute Gasteiger partial charge is 0.460 e. The van der Waals surface area contributed by atoms with Crippen LogP contribution in [0, 0.1) is 17.8 Å². The molecule has 164 valence electrons. The van der Waals surface area contributed by atoms with Gasteiger partial charge in [-0.2, -0.15) is 0 Å². The second kappa shape index (κ2) is 14.3. The van der Waals surface area contributed by atoms with Crippen molar-refractivity contribution in [2.24, 2.45) is 17.8 Å². The highest BCUT2D eigenvalue weighted by Crippen LogP contribution is 2.33. The van der Waals surface area contributed by atoms with E-state index in [-0.39, 0.29) is 31.0 Å². The van der Waals surface area contributed by atoms with Gasteiger partial charge < -0.3 is 9.84 Å². The smallest absolute Gasteiger partial charge is 0.374 e. The van der Waals surface area contributed by atoms with Gasteiger partial charge in [-0.1, -0.05) is 44.6 Å². The van der Waals surface area contributed by atoms with Crippen LogP contribution >= 0.6 is 0 Å². The fourth-order valence-corrected chi connectivity index (χ4v) is 3.80. The number of hydrogen-bond donors (Lipinski definition) is 1. The first-order valence-corrected chi connectivity index (χ1v) is 11.1. The predicted molar refractivity (Wildman–Crippen MR) is 114 cm³/mol. The van der Waals surface area contributed by atoms with Crippen LogP contribution in [0.1, 0.15) is 78.6 Å². The van der Waals surface area contributed by atoms with E-state index in [1.54, 1.807) is 6.92 Å². The summed E-state index contributed by atoms with van der Waals surface area (Å²) in [6.07, 6.45) is 14.3. The third-order valence-electron chi connectivity index (χ3n) is 5.65. The van der Waals surface area contributed by atoms with E-state index < -0.39 is 11.8 Å². The summed E-state index contributed by atoms with van der Waals surface area (Å²) >= 11 is 0. The zero-order valence-electron chi connectivity index (χ0n) is 18.3.